The fraction of sp³-hybridized carbons (Fsp3) is 0.929. The fourth-order valence-electron chi connectivity index (χ4n) is 2.35. The van der Waals surface area contributed by atoms with Crippen LogP contribution in [0, 0.1) is 5.92 Å². The van der Waals surface area contributed by atoms with Crippen molar-refractivity contribution in [1.29, 1.82) is 0 Å². The second-order valence-electron chi connectivity index (χ2n) is 5.31. The van der Waals surface area contributed by atoms with E-state index >= 15 is 0 Å². The van der Waals surface area contributed by atoms with E-state index in [2.05, 4.69) is 24.5 Å². The van der Waals surface area contributed by atoms with Crippen molar-refractivity contribution >= 4 is 5.91 Å². The first-order valence-corrected chi connectivity index (χ1v) is 7.24. The molecule has 0 spiro atoms. The molecule has 0 aliphatic carbocycles. The third-order valence-electron chi connectivity index (χ3n) is 3.68. The van der Waals surface area contributed by atoms with E-state index in [0.717, 1.165) is 19.5 Å². The number of piperidine rings is 1. The molecule has 3 heteroatoms. The van der Waals surface area contributed by atoms with Gasteiger partial charge in [-0.2, -0.15) is 0 Å². The van der Waals surface area contributed by atoms with Gasteiger partial charge in [0.15, 0.2) is 0 Å². The lowest BCUT2D eigenvalue weighted by molar-refractivity contribution is -0.122. The van der Waals surface area contributed by atoms with Crippen molar-refractivity contribution < 1.29 is 4.79 Å². The first kappa shape index (κ1) is 14.5. The number of carbonyl (C=O) groups excluding carboxylic acids is 1. The van der Waals surface area contributed by atoms with E-state index in [4.69, 9.17) is 0 Å². The van der Waals surface area contributed by atoms with Crippen LogP contribution in [0.25, 0.3) is 0 Å². The molecule has 3 nitrogen and oxygen atoms in total. The molecule has 0 aromatic rings. The smallest absolute Gasteiger partial charge is 0.220 e. The average Bonchev–Trinajstić information content (AvgIpc) is 2.32. The quantitative estimate of drug-likeness (QED) is 0.671. The minimum absolute atomic E-state index is 0.238. The van der Waals surface area contributed by atoms with Gasteiger partial charge in [-0.3, -0.25) is 4.79 Å². The molecule has 100 valence electrons. The van der Waals surface area contributed by atoms with Gasteiger partial charge in [-0.15, -0.1) is 0 Å². The highest BCUT2D eigenvalue weighted by molar-refractivity contribution is 5.76. The first-order chi connectivity index (χ1) is 8.24. The number of carbonyl (C=O) groups is 1. The van der Waals surface area contributed by atoms with E-state index < -0.39 is 0 Å². The third-order valence-corrected chi connectivity index (χ3v) is 3.68. The molecule has 2 N–H and O–H groups in total. The number of rotatable bonds is 7. The molecular weight excluding hydrogens is 212 g/mol. The Hall–Kier alpha value is -0.570. The van der Waals surface area contributed by atoms with Crippen LogP contribution in [0.5, 0.6) is 0 Å². The molecule has 1 aliphatic heterocycles. The third kappa shape index (κ3) is 6.06. The Morgan fingerprint density at radius 2 is 2.06 bits per heavy atom. The Kier molecular flexibility index (Phi) is 7.25. The summed E-state index contributed by atoms with van der Waals surface area (Å²) >= 11 is 0. The van der Waals surface area contributed by atoms with Crippen LogP contribution in [0.3, 0.4) is 0 Å². The van der Waals surface area contributed by atoms with Crippen LogP contribution in [-0.2, 0) is 4.79 Å². The summed E-state index contributed by atoms with van der Waals surface area (Å²) in [4.78, 5) is 11.8. The average molecular weight is 240 g/mol. The Balaban J connectivity index is 2.07. The fourth-order valence-corrected chi connectivity index (χ4v) is 2.35. The highest BCUT2D eigenvalue weighted by Crippen LogP contribution is 2.12. The molecule has 2 atom stereocenters. The van der Waals surface area contributed by atoms with Gasteiger partial charge in [-0.1, -0.05) is 39.5 Å². The summed E-state index contributed by atoms with van der Waals surface area (Å²) in [6.07, 6.45) is 7.93. The number of amides is 1. The van der Waals surface area contributed by atoms with Gasteiger partial charge in [0.25, 0.3) is 0 Å². The van der Waals surface area contributed by atoms with Crippen molar-refractivity contribution in [3.63, 3.8) is 0 Å². The van der Waals surface area contributed by atoms with Crippen molar-refractivity contribution in [2.75, 3.05) is 13.1 Å². The van der Waals surface area contributed by atoms with Crippen LogP contribution in [0.4, 0.5) is 0 Å². The first-order valence-electron chi connectivity index (χ1n) is 7.24. The van der Waals surface area contributed by atoms with E-state index in [9.17, 15) is 4.79 Å². The van der Waals surface area contributed by atoms with E-state index in [1.165, 1.54) is 32.1 Å². The molecule has 0 radical (unpaired) electrons. The van der Waals surface area contributed by atoms with Crippen LogP contribution in [0.15, 0.2) is 0 Å². The van der Waals surface area contributed by atoms with Gasteiger partial charge in [0, 0.05) is 19.0 Å². The standard InChI is InChI=1S/C14H28N2O/c1-3-4-5-6-7-8-14(17)16-13-11-15-10-9-12(13)2/h12-13,15H,3-11H2,1-2H3,(H,16,17). The second-order valence-corrected chi connectivity index (χ2v) is 5.31. The van der Waals surface area contributed by atoms with Gasteiger partial charge in [0.1, 0.15) is 0 Å². The molecule has 17 heavy (non-hydrogen) atoms. The minimum Gasteiger partial charge on any atom is -0.352 e. The molecular formula is C14H28N2O. The van der Waals surface area contributed by atoms with Crippen LogP contribution in [-0.4, -0.2) is 25.0 Å². The molecule has 1 amide bonds. The van der Waals surface area contributed by atoms with Crippen molar-refractivity contribution in [3.05, 3.63) is 0 Å². The summed E-state index contributed by atoms with van der Waals surface area (Å²) in [5.74, 6) is 0.849. The molecule has 0 saturated carbocycles. The second kappa shape index (κ2) is 8.51. The number of hydrogen-bond acceptors (Lipinski definition) is 2. The largest absolute Gasteiger partial charge is 0.352 e. The lowest BCUT2D eigenvalue weighted by Crippen LogP contribution is -2.50. The zero-order valence-electron chi connectivity index (χ0n) is 11.4. The molecule has 1 saturated heterocycles. The number of hydrogen-bond donors (Lipinski definition) is 2. The van der Waals surface area contributed by atoms with E-state index in [0.29, 0.717) is 18.4 Å². The summed E-state index contributed by atoms with van der Waals surface area (Å²) in [6.45, 7) is 6.46. The Labute approximate surface area is 106 Å². The summed E-state index contributed by atoms with van der Waals surface area (Å²) in [7, 11) is 0. The van der Waals surface area contributed by atoms with E-state index in [1.54, 1.807) is 0 Å². The predicted octanol–water partition coefficient (Wildman–Crippen LogP) is 2.46. The van der Waals surface area contributed by atoms with Gasteiger partial charge in [0.05, 0.1) is 0 Å². The van der Waals surface area contributed by atoms with Gasteiger partial charge >= 0.3 is 0 Å². The topological polar surface area (TPSA) is 41.1 Å². The van der Waals surface area contributed by atoms with Gasteiger partial charge in [0.2, 0.25) is 5.91 Å². The van der Waals surface area contributed by atoms with Crippen molar-refractivity contribution in [3.8, 4) is 0 Å². The zero-order chi connectivity index (χ0) is 12.5. The van der Waals surface area contributed by atoms with E-state index in [1.807, 2.05) is 0 Å². The zero-order valence-corrected chi connectivity index (χ0v) is 11.4. The van der Waals surface area contributed by atoms with Crippen LogP contribution < -0.4 is 10.6 Å². The Bertz CT molecular complexity index is 218. The summed E-state index contributed by atoms with van der Waals surface area (Å²) in [5, 5.41) is 6.50. The van der Waals surface area contributed by atoms with Crippen LogP contribution in [0.1, 0.15) is 58.8 Å². The van der Waals surface area contributed by atoms with E-state index in [-0.39, 0.29) is 5.91 Å². The molecule has 0 aromatic carbocycles. The molecule has 0 bridgehead atoms. The predicted molar refractivity (Wildman–Crippen MR) is 72.0 cm³/mol. The molecule has 0 aromatic heterocycles. The number of unbranched alkanes of at least 4 members (excludes halogenated alkanes) is 4. The molecule has 1 fully saturated rings. The molecule has 1 aliphatic rings. The highest BCUT2D eigenvalue weighted by atomic mass is 16.1. The van der Waals surface area contributed by atoms with Crippen molar-refractivity contribution in [2.24, 2.45) is 5.92 Å². The highest BCUT2D eigenvalue weighted by Gasteiger charge is 2.21. The van der Waals surface area contributed by atoms with Gasteiger partial charge < -0.3 is 10.6 Å². The van der Waals surface area contributed by atoms with Crippen molar-refractivity contribution in [1.82, 2.24) is 10.6 Å². The summed E-state index contributed by atoms with van der Waals surface area (Å²) in [6, 6.07) is 0.340. The normalized spacial score (nSPS) is 24.6. The molecule has 1 rings (SSSR count). The van der Waals surface area contributed by atoms with Gasteiger partial charge in [-0.05, 0) is 25.3 Å². The maximum absolute atomic E-state index is 11.8. The lowest BCUT2D eigenvalue weighted by atomic mass is 9.94. The summed E-state index contributed by atoms with van der Waals surface area (Å²) < 4.78 is 0. The number of nitrogens with one attached hydrogen (secondary N) is 2. The van der Waals surface area contributed by atoms with Gasteiger partial charge in [-0.25, -0.2) is 0 Å². The Morgan fingerprint density at radius 1 is 1.29 bits per heavy atom. The minimum atomic E-state index is 0.238. The van der Waals surface area contributed by atoms with Crippen molar-refractivity contribution in [2.45, 2.75) is 64.8 Å². The maximum Gasteiger partial charge on any atom is 0.220 e. The summed E-state index contributed by atoms with van der Waals surface area (Å²) in [5.41, 5.74) is 0. The molecule has 1 heterocycles. The monoisotopic (exact) mass is 240 g/mol. The molecule has 2 unspecified atom stereocenters. The maximum atomic E-state index is 11.8. The van der Waals surface area contributed by atoms with Crippen LogP contribution >= 0.6 is 0 Å². The Morgan fingerprint density at radius 3 is 2.76 bits per heavy atom. The van der Waals surface area contributed by atoms with Crippen LogP contribution in [0.2, 0.25) is 0 Å². The SMILES string of the molecule is CCCCCCCC(=O)NC1CNCCC1C. The lowest BCUT2D eigenvalue weighted by Gasteiger charge is -2.30.